The van der Waals surface area contributed by atoms with Crippen LogP contribution >= 0.6 is 35.4 Å². The van der Waals surface area contributed by atoms with Gasteiger partial charge in [0.25, 0.3) is 11.8 Å². The molecule has 3 atom stereocenters. The number of nitrogens with zero attached hydrogens (tertiary/aromatic N) is 2. The molecule has 0 spiro atoms. The molecule has 0 radical (unpaired) electrons. The molecule has 0 bridgehead atoms. The lowest BCUT2D eigenvalue weighted by molar-refractivity contribution is -0.139. The maximum atomic E-state index is 13.2. The molecule has 1 aliphatic heterocycles. The summed E-state index contributed by atoms with van der Waals surface area (Å²) in [6.07, 6.45) is 1.10. The first-order valence-electron chi connectivity index (χ1n) is 12.6. The van der Waals surface area contributed by atoms with E-state index >= 15 is 0 Å². The molecule has 0 aliphatic carbocycles. The van der Waals surface area contributed by atoms with E-state index in [0.29, 0.717) is 35.2 Å². The number of hydrogen-bond acceptors (Lipinski definition) is 9. The highest BCUT2D eigenvalue weighted by Gasteiger charge is 2.30. The highest BCUT2D eigenvalue weighted by atomic mass is 35.5. The van der Waals surface area contributed by atoms with Crippen molar-refractivity contribution in [3.05, 3.63) is 68.9 Å². The fourth-order valence-corrected chi connectivity index (χ4v) is 5.35. The largest absolute Gasteiger partial charge is 0.480 e. The number of carboxylic acid groups (broad SMARTS) is 1. The number of halogens is 2. The molecule has 0 fully saturated rings. The monoisotopic (exact) mass is 619 g/mol. The van der Waals surface area contributed by atoms with Gasteiger partial charge in [-0.2, -0.15) is 4.99 Å². The number of carboxylic acids is 1. The summed E-state index contributed by atoms with van der Waals surface area (Å²) in [5.41, 5.74) is 2.40. The predicted molar refractivity (Wildman–Crippen MR) is 157 cm³/mol. The first kappa shape index (κ1) is 30.6. The molecule has 11 nitrogen and oxygen atoms in total. The van der Waals surface area contributed by atoms with Crippen molar-refractivity contribution in [3.63, 3.8) is 0 Å². The molecule has 5 N–H and O–H groups in total. The maximum Gasteiger partial charge on any atom is 0.327 e. The van der Waals surface area contributed by atoms with E-state index in [1.54, 1.807) is 36.3 Å². The summed E-state index contributed by atoms with van der Waals surface area (Å²) in [6, 6.07) is 6.91. The van der Waals surface area contributed by atoms with Crippen molar-refractivity contribution >= 4 is 69.3 Å². The van der Waals surface area contributed by atoms with Crippen LogP contribution in [-0.4, -0.2) is 76.1 Å². The van der Waals surface area contributed by atoms with Crippen LogP contribution < -0.4 is 16.0 Å². The lowest BCUT2D eigenvalue weighted by Gasteiger charge is -2.30. The van der Waals surface area contributed by atoms with Gasteiger partial charge in [0.1, 0.15) is 11.6 Å². The van der Waals surface area contributed by atoms with Crippen LogP contribution in [0, 0.1) is 0 Å². The Kier molecular flexibility index (Phi) is 10.1. The van der Waals surface area contributed by atoms with E-state index in [1.165, 1.54) is 0 Å². The van der Waals surface area contributed by atoms with E-state index in [-0.39, 0.29) is 47.3 Å². The van der Waals surface area contributed by atoms with E-state index in [0.717, 1.165) is 5.39 Å². The Hall–Kier alpha value is -3.35. The number of isothiocyanates is 1. The second kappa shape index (κ2) is 13.5. The van der Waals surface area contributed by atoms with E-state index < -0.39 is 24.2 Å². The molecule has 2 amide bonds. The summed E-state index contributed by atoms with van der Waals surface area (Å²) in [7, 11) is 0. The van der Waals surface area contributed by atoms with Gasteiger partial charge in [0.15, 0.2) is 6.29 Å². The van der Waals surface area contributed by atoms with Gasteiger partial charge in [-0.1, -0.05) is 29.3 Å². The number of nitrogens with one attached hydrogen (secondary N) is 3. The number of amides is 2. The highest BCUT2D eigenvalue weighted by molar-refractivity contribution is 7.78. The highest BCUT2D eigenvalue weighted by Crippen LogP contribution is 2.35. The Morgan fingerprint density at radius 3 is 2.73 bits per heavy atom. The van der Waals surface area contributed by atoms with E-state index in [4.69, 9.17) is 27.6 Å². The molecule has 216 valence electrons. The van der Waals surface area contributed by atoms with Gasteiger partial charge in [0.2, 0.25) is 0 Å². The average molecular weight is 621 g/mol. The number of fused-ring (bicyclic) bond motifs is 2. The predicted octanol–water partition coefficient (Wildman–Crippen LogP) is 3.07. The zero-order chi connectivity index (χ0) is 29.7. The molecule has 2 unspecified atom stereocenters. The third kappa shape index (κ3) is 7.11. The smallest absolute Gasteiger partial charge is 0.327 e. The number of rotatable bonds is 11. The third-order valence-corrected chi connectivity index (χ3v) is 7.46. The van der Waals surface area contributed by atoms with E-state index in [9.17, 15) is 24.6 Å². The molecule has 2 heterocycles. The van der Waals surface area contributed by atoms with Crippen LogP contribution in [0.15, 0.2) is 46.0 Å². The quantitative estimate of drug-likeness (QED) is 0.124. The van der Waals surface area contributed by atoms with Gasteiger partial charge in [0, 0.05) is 36.6 Å². The fraction of sp³-hybridized carbons (Fsp3) is 0.333. The van der Waals surface area contributed by atoms with Crippen LogP contribution in [0.25, 0.3) is 11.0 Å². The van der Waals surface area contributed by atoms with Gasteiger partial charge in [-0.25, -0.2) is 4.79 Å². The molecule has 41 heavy (non-hydrogen) atoms. The lowest BCUT2D eigenvalue weighted by Crippen LogP contribution is -2.53. The fourth-order valence-electron chi connectivity index (χ4n) is 4.48. The Morgan fingerprint density at radius 1 is 1.24 bits per heavy atom. The molecule has 14 heteroatoms. The zero-order valence-corrected chi connectivity index (χ0v) is 24.1. The molecule has 1 aromatic heterocycles. The van der Waals surface area contributed by atoms with Crippen LogP contribution in [0.2, 0.25) is 10.0 Å². The van der Waals surface area contributed by atoms with Crippen molar-refractivity contribution in [2.45, 2.75) is 38.3 Å². The summed E-state index contributed by atoms with van der Waals surface area (Å²) in [5.74, 6) is -2.26. The first-order valence-corrected chi connectivity index (χ1v) is 13.8. The van der Waals surface area contributed by atoms with E-state index in [1.807, 2.05) is 12.1 Å². The van der Waals surface area contributed by atoms with E-state index in [2.05, 4.69) is 38.3 Å². The van der Waals surface area contributed by atoms with Crippen molar-refractivity contribution in [1.29, 1.82) is 0 Å². The standard InChI is InChI=1S/C27H27Cl2N5O6S/c1-14(12-35)32-27(31-13-41)30-10-20(26(38)39)33-24(36)22-19(28)8-17-11-34(6-4-18(17)23(22)29)25(37)16-3-2-15-5-7-40-21(15)9-16/h2-3,5,7-9,14,20,27,30,32,35H,4,6,10-12H2,1H3,(H,33,36)(H,38,39)/t14-,20?,27?/m0/s1. The Balaban J connectivity index is 1.48. The van der Waals surface area contributed by atoms with Gasteiger partial charge in [-0.05, 0) is 61.0 Å². The van der Waals surface area contributed by atoms with Crippen LogP contribution in [0.5, 0.6) is 0 Å². The van der Waals surface area contributed by atoms with Crippen molar-refractivity contribution < 1.29 is 29.0 Å². The number of aliphatic hydroxyl groups excluding tert-OH is 1. The Bertz CT molecular complexity index is 1530. The first-order chi connectivity index (χ1) is 19.6. The molecule has 1 aliphatic rings. The summed E-state index contributed by atoms with van der Waals surface area (Å²) in [4.78, 5) is 43.8. The summed E-state index contributed by atoms with van der Waals surface area (Å²) in [5, 5.41) is 30.3. The van der Waals surface area contributed by atoms with Crippen molar-refractivity contribution in [1.82, 2.24) is 20.9 Å². The van der Waals surface area contributed by atoms with Gasteiger partial charge < -0.3 is 24.8 Å². The topological polar surface area (TPSA) is 156 Å². The molecule has 4 rings (SSSR count). The minimum absolute atomic E-state index is 0.0243. The normalized spacial score (nSPS) is 15.0. The van der Waals surface area contributed by atoms with Crippen LogP contribution in [0.1, 0.15) is 38.8 Å². The van der Waals surface area contributed by atoms with Crippen molar-refractivity contribution in [2.75, 3.05) is 19.7 Å². The molecular formula is C27H27Cl2N5O6S. The number of thiocarbonyl (C=S) groups is 1. The van der Waals surface area contributed by atoms with Gasteiger partial charge in [-0.15, -0.1) is 0 Å². The van der Waals surface area contributed by atoms with Crippen molar-refractivity contribution in [2.24, 2.45) is 4.99 Å². The Labute approximate surface area is 250 Å². The number of aliphatic hydroxyl groups is 1. The SMILES string of the molecule is C[C@@H](CO)NC(N=C=S)NCC(NC(=O)c1c(Cl)cc2c(c1Cl)CCN(C(=O)c1ccc3ccoc3c1)C2)C(=O)O. The number of furan rings is 1. The summed E-state index contributed by atoms with van der Waals surface area (Å²) >= 11 is 17.7. The molecular weight excluding hydrogens is 593 g/mol. The number of carbonyl (C=O) groups is 3. The number of benzene rings is 2. The van der Waals surface area contributed by atoms with Crippen LogP contribution in [0.3, 0.4) is 0 Å². The summed E-state index contributed by atoms with van der Waals surface area (Å²) in [6.45, 7) is 1.85. The minimum Gasteiger partial charge on any atom is -0.480 e. The zero-order valence-electron chi connectivity index (χ0n) is 21.8. The Morgan fingerprint density at radius 2 is 2.02 bits per heavy atom. The lowest BCUT2D eigenvalue weighted by atomic mass is 9.96. The number of aliphatic imine (C=N–C) groups is 1. The second-order valence-corrected chi connectivity index (χ2v) is 10.4. The maximum absolute atomic E-state index is 13.2. The third-order valence-electron chi connectivity index (χ3n) is 6.64. The van der Waals surface area contributed by atoms with Crippen LogP contribution in [-0.2, 0) is 17.8 Å². The molecule has 0 saturated heterocycles. The number of aliphatic carboxylic acids is 1. The van der Waals surface area contributed by atoms with Gasteiger partial charge in [-0.3, -0.25) is 20.2 Å². The number of carbonyl (C=O) groups excluding carboxylic acids is 2. The summed E-state index contributed by atoms with van der Waals surface area (Å²) < 4.78 is 5.41. The second-order valence-electron chi connectivity index (χ2n) is 9.48. The number of hydrogen-bond donors (Lipinski definition) is 5. The van der Waals surface area contributed by atoms with Gasteiger partial charge >= 0.3 is 5.97 Å². The average Bonchev–Trinajstić information content (AvgIpc) is 3.42. The molecule has 0 saturated carbocycles. The van der Waals surface area contributed by atoms with Crippen LogP contribution in [0.4, 0.5) is 0 Å². The van der Waals surface area contributed by atoms with Gasteiger partial charge in [0.05, 0.1) is 33.6 Å². The minimum atomic E-state index is -1.38. The molecule has 3 aromatic rings. The van der Waals surface area contributed by atoms with Crippen molar-refractivity contribution in [3.8, 4) is 0 Å². The molecule has 2 aromatic carbocycles.